The molecule has 2 aromatic carbocycles. The molecule has 8 heteroatoms. The van der Waals surface area contributed by atoms with Gasteiger partial charge in [-0.25, -0.2) is 4.98 Å². The molecule has 8 nitrogen and oxygen atoms in total. The van der Waals surface area contributed by atoms with Crippen molar-refractivity contribution in [3.63, 3.8) is 0 Å². The number of hydrogen-bond acceptors (Lipinski definition) is 5. The number of carbonyl (C=O) groups is 3. The Morgan fingerprint density at radius 3 is 2.32 bits per heavy atom. The number of imide groups is 1. The van der Waals surface area contributed by atoms with Crippen LogP contribution in [0.15, 0.2) is 54.6 Å². The van der Waals surface area contributed by atoms with Crippen molar-refractivity contribution in [3.05, 3.63) is 82.5 Å². The molecule has 0 fully saturated rings. The van der Waals surface area contributed by atoms with E-state index >= 15 is 0 Å². The fraction of sp³-hybridized carbons (Fsp3) is 0.276. The van der Waals surface area contributed by atoms with E-state index in [2.05, 4.69) is 16.5 Å². The summed E-state index contributed by atoms with van der Waals surface area (Å²) in [5.74, 6) is 0.636. The van der Waals surface area contributed by atoms with Gasteiger partial charge in [0, 0.05) is 24.4 Å². The molecule has 3 amide bonds. The Hall–Kier alpha value is -4.33. The van der Waals surface area contributed by atoms with Crippen molar-refractivity contribution in [1.29, 1.82) is 0 Å². The Bertz CT molecular complexity index is 1500. The first kappa shape index (κ1) is 24.4. The highest BCUT2D eigenvalue weighted by molar-refractivity contribution is 6.21. The molecule has 0 bridgehead atoms. The second kappa shape index (κ2) is 9.97. The summed E-state index contributed by atoms with van der Waals surface area (Å²) in [5.41, 5.74) is 4.79. The number of benzene rings is 2. The summed E-state index contributed by atoms with van der Waals surface area (Å²) in [6, 6.07) is 16.8. The molecule has 0 spiro atoms. The minimum Gasteiger partial charge on any atom is -0.311 e. The summed E-state index contributed by atoms with van der Waals surface area (Å²) in [6.45, 7) is 6.31. The van der Waals surface area contributed by atoms with Gasteiger partial charge in [0.2, 0.25) is 5.91 Å². The maximum atomic E-state index is 12.7. The van der Waals surface area contributed by atoms with Crippen molar-refractivity contribution in [2.75, 3.05) is 11.9 Å². The molecule has 0 saturated heterocycles. The van der Waals surface area contributed by atoms with Crippen LogP contribution < -0.4 is 5.32 Å². The SMILES string of the molecule is Cc1cc(NC(=O)CCCCCN2C(=O)c3ccccc3C2=O)n(-c2cc(C)c3cccc(C)c3n2)n1. The normalized spacial score (nSPS) is 12.9. The van der Waals surface area contributed by atoms with Gasteiger partial charge in [-0.3, -0.25) is 19.3 Å². The van der Waals surface area contributed by atoms with Gasteiger partial charge in [0.25, 0.3) is 11.8 Å². The maximum Gasteiger partial charge on any atom is 0.261 e. The highest BCUT2D eigenvalue weighted by Crippen LogP contribution is 2.25. The van der Waals surface area contributed by atoms with Crippen LogP contribution in [0.3, 0.4) is 0 Å². The third kappa shape index (κ3) is 4.74. The first-order valence-electron chi connectivity index (χ1n) is 12.5. The highest BCUT2D eigenvalue weighted by Gasteiger charge is 2.34. The number of pyridine rings is 1. The fourth-order valence-corrected chi connectivity index (χ4v) is 4.80. The van der Waals surface area contributed by atoms with Crippen LogP contribution in [0.5, 0.6) is 0 Å². The minimum atomic E-state index is -0.241. The summed E-state index contributed by atoms with van der Waals surface area (Å²) >= 11 is 0. The maximum absolute atomic E-state index is 12.7. The molecule has 3 heterocycles. The second-order valence-corrected chi connectivity index (χ2v) is 9.52. The minimum absolute atomic E-state index is 0.115. The van der Waals surface area contributed by atoms with E-state index in [-0.39, 0.29) is 17.7 Å². The van der Waals surface area contributed by atoms with Crippen molar-refractivity contribution < 1.29 is 14.4 Å². The molecule has 0 aliphatic carbocycles. The Kier molecular flexibility index (Phi) is 6.56. The van der Waals surface area contributed by atoms with Crippen LogP contribution in [-0.2, 0) is 4.79 Å². The summed E-state index contributed by atoms with van der Waals surface area (Å²) in [6.07, 6.45) is 2.35. The molecule has 1 N–H and O–H groups in total. The lowest BCUT2D eigenvalue weighted by Gasteiger charge is -2.13. The molecule has 0 saturated carbocycles. The van der Waals surface area contributed by atoms with E-state index in [1.807, 2.05) is 45.0 Å². The van der Waals surface area contributed by atoms with Gasteiger partial charge in [-0.2, -0.15) is 9.78 Å². The smallest absolute Gasteiger partial charge is 0.261 e. The van der Waals surface area contributed by atoms with Crippen LogP contribution in [0.2, 0.25) is 0 Å². The lowest BCUT2D eigenvalue weighted by Crippen LogP contribution is -2.30. The van der Waals surface area contributed by atoms with Crippen LogP contribution in [0.25, 0.3) is 16.7 Å². The summed E-state index contributed by atoms with van der Waals surface area (Å²) < 4.78 is 1.67. The molecule has 2 aromatic heterocycles. The molecule has 4 aromatic rings. The van der Waals surface area contributed by atoms with E-state index in [4.69, 9.17) is 4.98 Å². The molecule has 0 atom stereocenters. The molecular formula is C29H29N5O3. The highest BCUT2D eigenvalue weighted by atomic mass is 16.2. The molecule has 0 unspecified atom stereocenters. The number of aromatic nitrogens is 3. The van der Waals surface area contributed by atoms with Gasteiger partial charge >= 0.3 is 0 Å². The van der Waals surface area contributed by atoms with Crippen LogP contribution in [0.4, 0.5) is 5.82 Å². The molecule has 1 aliphatic heterocycles. The number of anilines is 1. The van der Waals surface area contributed by atoms with E-state index in [9.17, 15) is 14.4 Å². The standard InChI is InChI=1S/C29H29N5O3/c1-18-10-9-13-21-19(2)16-24(31-27(18)21)34-25(17-20(3)32-34)30-26(35)14-5-4-8-15-33-28(36)22-11-6-7-12-23(22)29(33)37/h6-7,9-13,16-17H,4-5,8,14-15H2,1-3H3,(H,30,35). The topological polar surface area (TPSA) is 97.2 Å². The number of nitrogens with zero attached hydrogens (tertiary/aromatic N) is 4. The number of aryl methyl sites for hydroxylation is 3. The molecule has 37 heavy (non-hydrogen) atoms. The molecule has 188 valence electrons. The average molecular weight is 496 g/mol. The number of amides is 3. The molecular weight excluding hydrogens is 466 g/mol. The van der Waals surface area contributed by atoms with Crippen molar-refractivity contribution in [3.8, 4) is 5.82 Å². The Labute approximate surface area is 215 Å². The lowest BCUT2D eigenvalue weighted by molar-refractivity contribution is -0.116. The van der Waals surface area contributed by atoms with Crippen LogP contribution in [-0.4, -0.2) is 43.9 Å². The number of para-hydroxylation sites is 1. The quantitative estimate of drug-likeness (QED) is 0.270. The Morgan fingerprint density at radius 1 is 0.865 bits per heavy atom. The Morgan fingerprint density at radius 2 is 1.59 bits per heavy atom. The number of carbonyl (C=O) groups excluding carboxylic acids is 3. The predicted molar refractivity (Wildman–Crippen MR) is 142 cm³/mol. The molecule has 1 aliphatic rings. The third-order valence-electron chi connectivity index (χ3n) is 6.71. The third-order valence-corrected chi connectivity index (χ3v) is 6.71. The zero-order valence-corrected chi connectivity index (χ0v) is 21.2. The van der Waals surface area contributed by atoms with E-state index < -0.39 is 0 Å². The van der Waals surface area contributed by atoms with Crippen LogP contribution in [0.1, 0.15) is 63.2 Å². The van der Waals surface area contributed by atoms with E-state index in [0.29, 0.717) is 48.6 Å². The number of unbranched alkanes of at least 4 members (excludes halogenated alkanes) is 2. The fourth-order valence-electron chi connectivity index (χ4n) is 4.80. The zero-order chi connectivity index (χ0) is 26.1. The summed E-state index contributed by atoms with van der Waals surface area (Å²) in [4.78, 5) is 43.8. The van der Waals surface area contributed by atoms with Crippen molar-refractivity contribution in [1.82, 2.24) is 19.7 Å². The van der Waals surface area contributed by atoms with Gasteiger partial charge in [-0.05, 0) is 62.9 Å². The van der Waals surface area contributed by atoms with Gasteiger partial charge < -0.3 is 5.32 Å². The number of hydrogen-bond donors (Lipinski definition) is 1. The van der Waals surface area contributed by atoms with Gasteiger partial charge in [0.05, 0.1) is 22.3 Å². The van der Waals surface area contributed by atoms with E-state index in [0.717, 1.165) is 34.1 Å². The monoisotopic (exact) mass is 495 g/mol. The first-order valence-corrected chi connectivity index (χ1v) is 12.5. The van der Waals surface area contributed by atoms with Gasteiger partial charge in [-0.1, -0.05) is 36.8 Å². The zero-order valence-electron chi connectivity index (χ0n) is 21.2. The van der Waals surface area contributed by atoms with Crippen molar-refractivity contribution in [2.24, 2.45) is 0 Å². The van der Waals surface area contributed by atoms with Gasteiger partial charge in [-0.15, -0.1) is 0 Å². The largest absolute Gasteiger partial charge is 0.311 e. The van der Waals surface area contributed by atoms with E-state index in [1.165, 1.54) is 4.90 Å². The van der Waals surface area contributed by atoms with Crippen molar-refractivity contribution in [2.45, 2.75) is 46.5 Å². The molecule has 5 rings (SSSR count). The number of rotatable bonds is 8. The summed E-state index contributed by atoms with van der Waals surface area (Å²) in [5, 5.41) is 8.64. The first-order chi connectivity index (χ1) is 17.8. The van der Waals surface area contributed by atoms with Gasteiger partial charge in [0.15, 0.2) is 5.82 Å². The lowest BCUT2D eigenvalue weighted by atomic mass is 10.1. The molecule has 0 radical (unpaired) electrons. The van der Waals surface area contributed by atoms with Crippen LogP contribution in [0, 0.1) is 20.8 Å². The average Bonchev–Trinajstić information content (AvgIpc) is 3.36. The van der Waals surface area contributed by atoms with Crippen molar-refractivity contribution >= 4 is 34.4 Å². The van der Waals surface area contributed by atoms with Crippen LogP contribution >= 0.6 is 0 Å². The summed E-state index contributed by atoms with van der Waals surface area (Å²) in [7, 11) is 0. The number of fused-ring (bicyclic) bond motifs is 2. The Balaban J connectivity index is 1.18. The van der Waals surface area contributed by atoms with E-state index in [1.54, 1.807) is 28.9 Å². The predicted octanol–water partition coefficient (Wildman–Crippen LogP) is 5.14. The number of nitrogens with one attached hydrogen (secondary N) is 1. The second-order valence-electron chi connectivity index (χ2n) is 9.52. The van der Waals surface area contributed by atoms with Gasteiger partial charge in [0.1, 0.15) is 5.82 Å².